The Hall–Kier alpha value is -4.00. The Balaban J connectivity index is 1.37. The van der Waals surface area contributed by atoms with Crippen LogP contribution in [0.3, 0.4) is 0 Å². The highest BCUT2D eigenvalue weighted by Crippen LogP contribution is 2.22. The fourth-order valence-electron chi connectivity index (χ4n) is 2.93. The van der Waals surface area contributed by atoms with E-state index in [0.29, 0.717) is 22.3 Å². The van der Waals surface area contributed by atoms with Crippen LogP contribution in [0.5, 0.6) is 0 Å². The first-order chi connectivity index (χ1) is 13.3. The number of fused-ring (bicyclic) bond motifs is 2. The number of hydrogen-bond acceptors (Lipinski definition) is 5. The molecule has 0 atom stereocenters. The second-order valence-corrected chi connectivity index (χ2v) is 6.10. The molecule has 0 aliphatic rings. The van der Waals surface area contributed by atoms with E-state index in [9.17, 15) is 4.79 Å². The van der Waals surface area contributed by atoms with E-state index in [1.54, 1.807) is 18.2 Å². The lowest BCUT2D eigenvalue weighted by Crippen LogP contribution is -2.11. The van der Waals surface area contributed by atoms with Crippen LogP contribution in [-0.4, -0.2) is 26.2 Å². The number of anilines is 1. The largest absolute Gasteiger partial charge is 0.338 e. The molecule has 1 amide bonds. The van der Waals surface area contributed by atoms with Gasteiger partial charge in [-0.1, -0.05) is 12.1 Å². The molecule has 27 heavy (non-hydrogen) atoms. The van der Waals surface area contributed by atoms with Crippen LogP contribution < -0.4 is 5.32 Å². The van der Waals surface area contributed by atoms with Crippen molar-refractivity contribution < 1.29 is 9.42 Å². The van der Waals surface area contributed by atoms with Crippen molar-refractivity contribution in [1.29, 1.82) is 0 Å². The van der Waals surface area contributed by atoms with Crippen LogP contribution in [0.2, 0.25) is 0 Å². The van der Waals surface area contributed by atoms with Crippen molar-refractivity contribution in [3.63, 3.8) is 0 Å². The Kier molecular flexibility index (Phi) is 3.43. The highest BCUT2D eigenvalue weighted by Gasteiger charge is 2.10. The van der Waals surface area contributed by atoms with Crippen LogP contribution in [-0.2, 0) is 0 Å². The van der Waals surface area contributed by atoms with Crippen LogP contribution >= 0.6 is 0 Å². The minimum atomic E-state index is -0.226. The third-order valence-corrected chi connectivity index (χ3v) is 4.32. The topological polar surface area (TPSA) is 96.7 Å². The van der Waals surface area contributed by atoms with Crippen LogP contribution in [0.15, 0.2) is 71.4 Å². The van der Waals surface area contributed by atoms with Gasteiger partial charge in [-0.3, -0.25) is 4.79 Å². The molecule has 2 heterocycles. The number of nitrogens with zero attached hydrogens (tertiary/aromatic N) is 3. The Morgan fingerprint density at radius 1 is 0.889 bits per heavy atom. The highest BCUT2D eigenvalue weighted by molar-refractivity contribution is 6.05. The number of rotatable bonds is 3. The smallest absolute Gasteiger partial charge is 0.255 e. The Labute approximate surface area is 153 Å². The highest BCUT2D eigenvalue weighted by atomic mass is 16.6. The first kappa shape index (κ1) is 15.3. The maximum absolute atomic E-state index is 12.4. The molecule has 0 spiro atoms. The van der Waals surface area contributed by atoms with Gasteiger partial charge in [-0.25, -0.2) is 9.61 Å². The Bertz CT molecular complexity index is 1240. The van der Waals surface area contributed by atoms with E-state index in [2.05, 4.69) is 30.2 Å². The molecule has 3 aromatic carbocycles. The minimum absolute atomic E-state index is 0.226. The van der Waals surface area contributed by atoms with Crippen molar-refractivity contribution in [3.05, 3.63) is 72.3 Å². The van der Waals surface area contributed by atoms with Gasteiger partial charge in [-0.2, -0.15) is 0 Å². The summed E-state index contributed by atoms with van der Waals surface area (Å²) < 4.78 is 4.65. The van der Waals surface area contributed by atoms with E-state index in [4.69, 9.17) is 0 Å². The van der Waals surface area contributed by atoms with E-state index in [-0.39, 0.29) is 5.91 Å². The van der Waals surface area contributed by atoms with E-state index >= 15 is 0 Å². The molecule has 0 bridgehead atoms. The van der Waals surface area contributed by atoms with Crippen molar-refractivity contribution in [2.24, 2.45) is 0 Å². The van der Waals surface area contributed by atoms with E-state index in [1.165, 1.54) is 0 Å². The van der Waals surface area contributed by atoms with Gasteiger partial charge in [0.25, 0.3) is 5.91 Å². The summed E-state index contributed by atoms with van der Waals surface area (Å²) in [6.07, 6.45) is 0. The van der Waals surface area contributed by atoms with E-state index in [0.717, 1.165) is 22.4 Å². The van der Waals surface area contributed by atoms with Crippen LogP contribution in [0.4, 0.5) is 5.69 Å². The summed E-state index contributed by atoms with van der Waals surface area (Å²) in [6, 6.07) is 20.4. The van der Waals surface area contributed by atoms with Crippen LogP contribution in [0.25, 0.3) is 33.5 Å². The molecule has 2 aromatic heterocycles. The lowest BCUT2D eigenvalue weighted by molar-refractivity contribution is 0.102. The van der Waals surface area contributed by atoms with Crippen LogP contribution in [0.1, 0.15) is 10.4 Å². The molecule has 7 heteroatoms. The average molecular weight is 355 g/mol. The zero-order chi connectivity index (χ0) is 18.2. The van der Waals surface area contributed by atoms with Crippen molar-refractivity contribution in [3.8, 4) is 11.4 Å². The fraction of sp³-hybridized carbons (Fsp3) is 0. The maximum Gasteiger partial charge on any atom is 0.255 e. The van der Waals surface area contributed by atoms with Crippen molar-refractivity contribution >= 4 is 33.7 Å². The number of carbonyl (C=O) groups is 1. The molecule has 0 aliphatic heterocycles. The van der Waals surface area contributed by atoms with Gasteiger partial charge in [0.2, 0.25) is 0 Å². The summed E-state index contributed by atoms with van der Waals surface area (Å²) in [5.74, 6) is 0.564. The summed E-state index contributed by atoms with van der Waals surface area (Å²) in [5.41, 5.74) is 5.19. The average Bonchev–Trinajstić information content (AvgIpc) is 3.34. The van der Waals surface area contributed by atoms with E-state index in [1.807, 2.05) is 48.5 Å². The van der Waals surface area contributed by atoms with Gasteiger partial charge in [0, 0.05) is 16.8 Å². The quantitative estimate of drug-likeness (QED) is 0.509. The third kappa shape index (κ3) is 2.81. The SMILES string of the molecule is O=C(Nc1ccc(-c2nc3ccccc3[nH]2)cc1)c1ccc2nonc2c1. The van der Waals surface area contributed by atoms with Crippen molar-refractivity contribution in [2.45, 2.75) is 0 Å². The molecule has 2 N–H and O–H groups in total. The molecule has 5 rings (SSSR count). The molecule has 7 nitrogen and oxygen atoms in total. The fourth-order valence-corrected chi connectivity index (χ4v) is 2.93. The monoisotopic (exact) mass is 355 g/mol. The summed E-state index contributed by atoms with van der Waals surface area (Å²) >= 11 is 0. The number of aromatic amines is 1. The van der Waals surface area contributed by atoms with E-state index < -0.39 is 0 Å². The van der Waals surface area contributed by atoms with Gasteiger partial charge < -0.3 is 10.3 Å². The molecule has 0 radical (unpaired) electrons. The van der Waals surface area contributed by atoms with Gasteiger partial charge in [-0.15, -0.1) is 0 Å². The molecule has 0 aliphatic carbocycles. The number of imidazole rings is 1. The predicted octanol–water partition coefficient (Wildman–Crippen LogP) is 4.02. The van der Waals surface area contributed by atoms with Gasteiger partial charge in [0.05, 0.1) is 11.0 Å². The number of nitrogens with one attached hydrogen (secondary N) is 2. The van der Waals surface area contributed by atoms with Gasteiger partial charge in [0.15, 0.2) is 0 Å². The minimum Gasteiger partial charge on any atom is -0.338 e. The molecule has 130 valence electrons. The number of para-hydroxylation sites is 2. The standard InChI is InChI=1S/C20H13N5O2/c26-20(13-7-10-17-18(11-13)25-27-24-17)21-14-8-5-12(6-9-14)19-22-15-3-1-2-4-16(15)23-19/h1-11H,(H,21,26)(H,22,23). The first-order valence-corrected chi connectivity index (χ1v) is 8.35. The van der Waals surface area contributed by atoms with Crippen molar-refractivity contribution in [2.75, 3.05) is 5.32 Å². The number of amides is 1. The van der Waals surface area contributed by atoms with Crippen molar-refractivity contribution in [1.82, 2.24) is 20.3 Å². The number of hydrogen-bond donors (Lipinski definition) is 2. The summed E-state index contributed by atoms with van der Waals surface area (Å²) in [7, 11) is 0. The number of aromatic nitrogens is 4. The molecular weight excluding hydrogens is 342 g/mol. The maximum atomic E-state index is 12.4. The number of carbonyl (C=O) groups excluding carboxylic acids is 1. The number of benzene rings is 3. The number of H-pyrrole nitrogens is 1. The molecule has 0 fully saturated rings. The second-order valence-electron chi connectivity index (χ2n) is 6.10. The lowest BCUT2D eigenvalue weighted by Gasteiger charge is -2.06. The third-order valence-electron chi connectivity index (χ3n) is 4.32. The molecule has 0 unspecified atom stereocenters. The summed E-state index contributed by atoms with van der Waals surface area (Å²) in [5, 5.41) is 10.4. The zero-order valence-electron chi connectivity index (χ0n) is 14.0. The van der Waals surface area contributed by atoms with Gasteiger partial charge in [-0.05, 0) is 64.9 Å². The normalized spacial score (nSPS) is 11.1. The van der Waals surface area contributed by atoms with Gasteiger partial charge >= 0.3 is 0 Å². The predicted molar refractivity (Wildman–Crippen MR) is 101 cm³/mol. The first-order valence-electron chi connectivity index (χ1n) is 8.35. The molecular formula is C20H13N5O2. The van der Waals surface area contributed by atoms with Crippen LogP contribution in [0, 0.1) is 0 Å². The lowest BCUT2D eigenvalue weighted by atomic mass is 10.1. The summed E-state index contributed by atoms with van der Waals surface area (Å²) in [4.78, 5) is 20.3. The molecule has 0 saturated carbocycles. The zero-order valence-corrected chi connectivity index (χ0v) is 14.0. The van der Waals surface area contributed by atoms with Gasteiger partial charge in [0.1, 0.15) is 16.9 Å². The Morgan fingerprint density at radius 2 is 1.70 bits per heavy atom. The Morgan fingerprint density at radius 3 is 2.56 bits per heavy atom. The summed E-state index contributed by atoms with van der Waals surface area (Å²) in [6.45, 7) is 0. The second kappa shape index (κ2) is 6.06. The molecule has 0 saturated heterocycles. The molecule has 5 aromatic rings.